The molecule has 5 rings (SSSR count). The van der Waals surface area contributed by atoms with E-state index in [9.17, 15) is 45.1 Å². The largest absolute Gasteiger partial charge is 0.443 e. The average Bonchev–Trinajstić information content (AvgIpc) is 3.81. The van der Waals surface area contributed by atoms with E-state index in [0.29, 0.717) is 23.3 Å². The molecule has 2 fully saturated rings. The molecule has 3 aromatic rings. The molecule has 0 aliphatic carbocycles. The van der Waals surface area contributed by atoms with Gasteiger partial charge < -0.3 is 19.1 Å². The smallest absolute Gasteiger partial charge is 0.417 e. The first kappa shape index (κ1) is 40.6. The van der Waals surface area contributed by atoms with Crippen molar-refractivity contribution in [1.29, 1.82) is 0 Å². The van der Waals surface area contributed by atoms with Crippen molar-refractivity contribution in [2.75, 3.05) is 25.6 Å². The van der Waals surface area contributed by atoms with Gasteiger partial charge >= 0.3 is 18.4 Å². The van der Waals surface area contributed by atoms with Crippen LogP contribution in [-0.2, 0) is 41.6 Å². The number of amides is 3. The molecular weight excluding hydrogens is 727 g/mol. The fourth-order valence-electron chi connectivity index (χ4n) is 6.83. The molecule has 2 aromatic carbocycles. The molecule has 16 heteroatoms. The first-order valence-corrected chi connectivity index (χ1v) is 16.8. The molecule has 292 valence electrons. The number of pyridine rings is 1. The number of aromatic nitrogens is 1. The fraction of sp³-hybridized carbons (Fsp3) is 0.474. The summed E-state index contributed by atoms with van der Waals surface area (Å²) in [5.74, 6) is -2.90. The maximum absolute atomic E-state index is 14.3. The van der Waals surface area contributed by atoms with E-state index >= 15 is 0 Å². The highest BCUT2D eigenvalue weighted by Gasteiger charge is 2.66. The van der Waals surface area contributed by atoms with Crippen LogP contribution in [0, 0.1) is 18.2 Å². The zero-order valence-electron chi connectivity index (χ0n) is 31.0. The highest BCUT2D eigenvalue weighted by Crippen LogP contribution is 2.54. The first-order valence-electron chi connectivity index (χ1n) is 16.8. The fourth-order valence-corrected chi connectivity index (χ4v) is 6.83. The van der Waals surface area contributed by atoms with Crippen LogP contribution in [0.15, 0.2) is 48.7 Å². The van der Waals surface area contributed by atoms with Crippen LogP contribution in [0.1, 0.15) is 75.4 Å². The Labute approximate surface area is 307 Å². The van der Waals surface area contributed by atoms with Gasteiger partial charge in [-0.25, -0.2) is 14.1 Å². The lowest BCUT2D eigenvalue weighted by Gasteiger charge is -2.32. The van der Waals surface area contributed by atoms with Crippen LogP contribution < -0.4 is 4.90 Å². The number of hydrogen-bond donors (Lipinski definition) is 0. The van der Waals surface area contributed by atoms with Gasteiger partial charge in [0, 0.05) is 37.9 Å². The Morgan fingerprint density at radius 2 is 1.50 bits per heavy atom. The summed E-state index contributed by atoms with van der Waals surface area (Å²) in [7, 11) is 2.68. The average molecular weight is 768 g/mol. The molecule has 9 nitrogen and oxygen atoms in total. The number of epoxide rings is 1. The van der Waals surface area contributed by atoms with E-state index < -0.39 is 87.5 Å². The quantitative estimate of drug-likeness (QED) is 0.176. The molecule has 4 unspecified atom stereocenters. The molecule has 0 saturated carbocycles. The molecule has 0 spiro atoms. The number of hydrogen-bond acceptors (Lipinski definition) is 7. The topological polar surface area (TPSA) is 102 Å². The van der Waals surface area contributed by atoms with Gasteiger partial charge in [0.05, 0.1) is 33.8 Å². The standard InChI is InChI=1S/C38H40F7N3O6/c1-19-12-23(39)10-11-24(19)25-16-27(26-18-48(33(51)54-34(2,3)4)32(50)36(26,7)29-30(52-9)53-29)46-17-28(25)47(8)31(49)35(5,6)20-13-21(37(40,41)42)15-22(14-20)38(43,44)45/h10-17,26,29-30H,18H2,1-9H3. The zero-order chi connectivity index (χ0) is 40.5. The minimum absolute atomic E-state index is 0.0151. The molecule has 2 aliphatic rings. The molecule has 3 heterocycles. The van der Waals surface area contributed by atoms with E-state index in [-0.39, 0.29) is 29.6 Å². The highest BCUT2D eigenvalue weighted by atomic mass is 19.4. The van der Waals surface area contributed by atoms with Gasteiger partial charge in [-0.05, 0) is 102 Å². The summed E-state index contributed by atoms with van der Waals surface area (Å²) in [6.07, 6.45) is -11.5. The van der Waals surface area contributed by atoms with Crippen molar-refractivity contribution in [2.45, 2.75) is 90.1 Å². The molecule has 4 atom stereocenters. The van der Waals surface area contributed by atoms with Crippen molar-refractivity contribution >= 4 is 23.6 Å². The molecule has 3 amide bonds. The Morgan fingerprint density at radius 3 is 2.00 bits per heavy atom. The van der Waals surface area contributed by atoms with E-state index in [1.54, 1.807) is 40.7 Å². The van der Waals surface area contributed by atoms with Crippen molar-refractivity contribution < 1.29 is 59.3 Å². The van der Waals surface area contributed by atoms with Crippen molar-refractivity contribution in [3.05, 3.63) is 82.4 Å². The third kappa shape index (κ3) is 7.54. The Morgan fingerprint density at radius 1 is 0.926 bits per heavy atom. The summed E-state index contributed by atoms with van der Waals surface area (Å²) < 4.78 is 114. The second kappa shape index (κ2) is 13.6. The molecular formula is C38H40F7N3O6. The minimum Gasteiger partial charge on any atom is -0.443 e. The van der Waals surface area contributed by atoms with Gasteiger partial charge in [-0.3, -0.25) is 14.6 Å². The monoisotopic (exact) mass is 767 g/mol. The summed E-state index contributed by atoms with van der Waals surface area (Å²) in [5, 5.41) is 0. The summed E-state index contributed by atoms with van der Waals surface area (Å²) in [6, 6.07) is 6.41. The van der Waals surface area contributed by atoms with Gasteiger partial charge in [0.2, 0.25) is 11.8 Å². The van der Waals surface area contributed by atoms with Gasteiger partial charge in [-0.15, -0.1) is 0 Å². The molecule has 0 N–H and O–H groups in total. The Balaban J connectivity index is 1.64. The number of benzene rings is 2. The lowest BCUT2D eigenvalue weighted by molar-refractivity contribution is -0.143. The number of halogens is 7. The van der Waals surface area contributed by atoms with E-state index in [0.717, 1.165) is 9.80 Å². The van der Waals surface area contributed by atoms with Crippen LogP contribution in [0.2, 0.25) is 0 Å². The maximum Gasteiger partial charge on any atom is 0.417 e. The van der Waals surface area contributed by atoms with Gasteiger partial charge in [0.15, 0.2) is 6.29 Å². The van der Waals surface area contributed by atoms with Crippen LogP contribution in [0.3, 0.4) is 0 Å². The Bertz CT molecular complexity index is 1960. The number of aryl methyl sites for hydroxylation is 1. The van der Waals surface area contributed by atoms with Crippen LogP contribution in [-0.4, -0.2) is 66.5 Å². The third-order valence-electron chi connectivity index (χ3n) is 9.93. The predicted octanol–water partition coefficient (Wildman–Crippen LogP) is 8.41. The number of methoxy groups -OCH3 is 1. The number of anilines is 1. The second-order valence-corrected chi connectivity index (χ2v) is 15.3. The van der Waals surface area contributed by atoms with Crippen LogP contribution in [0.4, 0.5) is 41.2 Å². The zero-order valence-corrected chi connectivity index (χ0v) is 31.0. The Hall–Kier alpha value is -4.57. The van der Waals surface area contributed by atoms with E-state index in [1.165, 1.54) is 52.4 Å². The van der Waals surface area contributed by atoms with E-state index in [4.69, 9.17) is 14.2 Å². The van der Waals surface area contributed by atoms with E-state index in [2.05, 4.69) is 4.98 Å². The Kier molecular flexibility index (Phi) is 10.2. The molecule has 1 aromatic heterocycles. The normalized spacial score (nSPS) is 22.0. The number of carbonyl (C=O) groups is 3. The van der Waals surface area contributed by atoms with Crippen molar-refractivity contribution in [1.82, 2.24) is 9.88 Å². The SMILES string of the molecule is COC1OC1C1(C)C(=O)N(C(=O)OC(C)(C)C)CC1c1cc(-c2ccc(F)cc2C)c(N(C)C(=O)C(C)(C)c2cc(C(F)(F)F)cc(C(F)(F)F)c2)cn1. The number of ether oxygens (including phenoxy) is 3. The van der Waals surface area contributed by atoms with E-state index in [1.807, 2.05) is 0 Å². The number of rotatable bonds is 7. The second-order valence-electron chi connectivity index (χ2n) is 15.3. The highest BCUT2D eigenvalue weighted by molar-refractivity contribution is 6.03. The van der Waals surface area contributed by atoms with Gasteiger partial charge in [0.1, 0.15) is 17.5 Å². The molecule has 0 bridgehead atoms. The maximum atomic E-state index is 14.3. The number of imide groups is 1. The summed E-state index contributed by atoms with van der Waals surface area (Å²) in [6.45, 7) is 10.4. The first-order chi connectivity index (χ1) is 24.7. The predicted molar refractivity (Wildman–Crippen MR) is 182 cm³/mol. The van der Waals surface area contributed by atoms with Crippen LogP contribution in [0.25, 0.3) is 11.1 Å². The minimum atomic E-state index is -5.14. The number of likely N-dealkylation sites (tertiary alicyclic amines) is 1. The van der Waals surface area contributed by atoms with Crippen molar-refractivity contribution in [2.24, 2.45) is 5.41 Å². The number of nitrogens with zero attached hydrogens (tertiary/aromatic N) is 3. The van der Waals surface area contributed by atoms with Gasteiger partial charge in [-0.1, -0.05) is 6.07 Å². The van der Waals surface area contributed by atoms with Crippen LogP contribution >= 0.6 is 0 Å². The van der Waals surface area contributed by atoms with Gasteiger partial charge in [-0.2, -0.15) is 26.3 Å². The summed E-state index contributed by atoms with van der Waals surface area (Å²) >= 11 is 0. The number of likely N-dealkylation sites (N-methyl/N-ethyl adjacent to an activating group) is 1. The third-order valence-corrected chi connectivity index (χ3v) is 9.93. The molecule has 0 radical (unpaired) electrons. The summed E-state index contributed by atoms with van der Waals surface area (Å²) in [4.78, 5) is 48.2. The van der Waals surface area contributed by atoms with Crippen molar-refractivity contribution in [3.63, 3.8) is 0 Å². The van der Waals surface area contributed by atoms with Crippen LogP contribution in [0.5, 0.6) is 0 Å². The lowest BCUT2D eigenvalue weighted by atomic mass is 9.74. The lowest BCUT2D eigenvalue weighted by Crippen LogP contribution is -2.43. The van der Waals surface area contributed by atoms with Crippen molar-refractivity contribution in [3.8, 4) is 11.1 Å². The summed E-state index contributed by atoms with van der Waals surface area (Å²) in [5.41, 5.74) is -6.57. The molecule has 54 heavy (non-hydrogen) atoms. The number of alkyl halides is 6. The number of carbonyl (C=O) groups excluding carboxylic acids is 3. The molecule has 2 saturated heterocycles. The van der Waals surface area contributed by atoms with Gasteiger partial charge in [0.25, 0.3) is 0 Å². The molecule has 2 aliphatic heterocycles.